The SMILES string of the molecule is CCCCN(c1ccccc1)S(=O)(=O)c1cccc(C(=O)OCC(=O)N[C@](C)(C#N)C(C)C)c1. The number of nitriles is 1. The number of nitrogens with one attached hydrogen (secondary N) is 1. The van der Waals surface area contributed by atoms with E-state index in [2.05, 4.69) is 5.32 Å². The summed E-state index contributed by atoms with van der Waals surface area (Å²) in [6, 6.07) is 16.4. The van der Waals surface area contributed by atoms with Gasteiger partial charge in [-0.1, -0.05) is 51.5 Å². The summed E-state index contributed by atoms with van der Waals surface area (Å²) in [5.41, 5.74) is -0.563. The molecule has 182 valence electrons. The summed E-state index contributed by atoms with van der Waals surface area (Å²) in [6.07, 6.45) is 1.48. The fourth-order valence-electron chi connectivity index (χ4n) is 3.04. The molecular weight excluding hydrogens is 454 g/mol. The van der Waals surface area contributed by atoms with Crippen molar-refractivity contribution in [1.29, 1.82) is 5.26 Å². The van der Waals surface area contributed by atoms with Crippen LogP contribution in [0.25, 0.3) is 0 Å². The van der Waals surface area contributed by atoms with Crippen LogP contribution in [0.1, 0.15) is 50.9 Å². The highest BCUT2D eigenvalue weighted by Crippen LogP contribution is 2.25. The van der Waals surface area contributed by atoms with Crippen molar-refractivity contribution >= 4 is 27.6 Å². The molecule has 0 aliphatic heterocycles. The summed E-state index contributed by atoms with van der Waals surface area (Å²) >= 11 is 0. The van der Waals surface area contributed by atoms with E-state index < -0.39 is 34.0 Å². The van der Waals surface area contributed by atoms with Crippen LogP contribution in [0.5, 0.6) is 0 Å². The van der Waals surface area contributed by atoms with Gasteiger partial charge in [-0.3, -0.25) is 9.10 Å². The van der Waals surface area contributed by atoms with Crippen molar-refractivity contribution in [2.45, 2.75) is 51.0 Å². The highest BCUT2D eigenvalue weighted by atomic mass is 32.2. The molecule has 34 heavy (non-hydrogen) atoms. The average molecular weight is 486 g/mol. The Kier molecular flexibility index (Phi) is 9.21. The van der Waals surface area contributed by atoms with Crippen molar-refractivity contribution in [3.63, 3.8) is 0 Å². The highest BCUT2D eigenvalue weighted by Gasteiger charge is 2.30. The van der Waals surface area contributed by atoms with Crippen molar-refractivity contribution in [3.8, 4) is 6.07 Å². The first kappa shape index (κ1) is 26.9. The van der Waals surface area contributed by atoms with Crippen LogP contribution in [0.15, 0.2) is 59.5 Å². The zero-order valence-electron chi connectivity index (χ0n) is 19.9. The van der Waals surface area contributed by atoms with Crippen LogP contribution in [0.2, 0.25) is 0 Å². The van der Waals surface area contributed by atoms with Gasteiger partial charge in [0.05, 0.1) is 22.2 Å². The van der Waals surface area contributed by atoms with Gasteiger partial charge in [0.2, 0.25) is 0 Å². The van der Waals surface area contributed by atoms with E-state index in [1.165, 1.54) is 28.6 Å². The predicted molar refractivity (Wildman–Crippen MR) is 130 cm³/mol. The van der Waals surface area contributed by atoms with Crippen LogP contribution in [-0.2, 0) is 19.6 Å². The van der Waals surface area contributed by atoms with Gasteiger partial charge in [-0.15, -0.1) is 0 Å². The van der Waals surface area contributed by atoms with Crippen LogP contribution in [-0.4, -0.2) is 39.0 Å². The van der Waals surface area contributed by atoms with Crippen LogP contribution < -0.4 is 9.62 Å². The summed E-state index contributed by atoms with van der Waals surface area (Å²) < 4.78 is 33.2. The van der Waals surface area contributed by atoms with E-state index in [4.69, 9.17) is 4.74 Å². The summed E-state index contributed by atoms with van der Waals surface area (Å²) in [6.45, 7) is 6.85. The second-order valence-electron chi connectivity index (χ2n) is 8.39. The summed E-state index contributed by atoms with van der Waals surface area (Å²) in [5.74, 6) is -1.61. The second kappa shape index (κ2) is 11.7. The van der Waals surface area contributed by atoms with Gasteiger partial charge in [-0.25, -0.2) is 13.2 Å². The molecule has 0 aromatic heterocycles. The Balaban J connectivity index is 2.20. The number of amides is 1. The molecule has 2 aromatic rings. The molecule has 0 unspecified atom stereocenters. The van der Waals surface area contributed by atoms with Crippen LogP contribution >= 0.6 is 0 Å². The normalized spacial score (nSPS) is 12.9. The Hall–Kier alpha value is -3.38. The van der Waals surface area contributed by atoms with Gasteiger partial charge in [-0.2, -0.15) is 5.26 Å². The molecule has 0 aliphatic rings. The maximum absolute atomic E-state index is 13.4. The Bertz CT molecular complexity index is 1140. The second-order valence-corrected chi connectivity index (χ2v) is 10.2. The van der Waals surface area contributed by atoms with Gasteiger partial charge in [0.15, 0.2) is 6.61 Å². The minimum absolute atomic E-state index is 0.00397. The third kappa shape index (κ3) is 6.58. The number of para-hydroxylation sites is 1. The molecule has 1 atom stereocenters. The van der Waals surface area contributed by atoms with Gasteiger partial charge in [0.1, 0.15) is 5.54 Å². The molecule has 0 radical (unpaired) electrons. The molecule has 0 spiro atoms. The maximum atomic E-state index is 13.4. The topological polar surface area (TPSA) is 117 Å². The first-order valence-electron chi connectivity index (χ1n) is 11.1. The van der Waals surface area contributed by atoms with Crippen LogP contribution in [0.3, 0.4) is 0 Å². The first-order chi connectivity index (χ1) is 16.0. The number of carbonyl (C=O) groups excluding carboxylic acids is 2. The lowest BCUT2D eigenvalue weighted by Crippen LogP contribution is -2.50. The standard InChI is InChI=1S/C25H31N3O5S/c1-5-6-15-28(21-12-8-7-9-13-21)34(31,32)22-14-10-11-20(16-22)24(30)33-17-23(29)27-25(4,18-26)19(2)3/h7-14,16,19H,5-6,15,17H2,1-4H3,(H,27,29)/t25-/m1/s1. The Labute approximate surface area is 201 Å². The van der Waals surface area contributed by atoms with Crippen molar-refractivity contribution < 1.29 is 22.7 Å². The van der Waals surface area contributed by atoms with Crippen LogP contribution in [0.4, 0.5) is 5.69 Å². The number of nitrogens with zero attached hydrogens (tertiary/aromatic N) is 2. The monoisotopic (exact) mass is 485 g/mol. The lowest BCUT2D eigenvalue weighted by Gasteiger charge is -2.27. The molecule has 2 aromatic carbocycles. The number of hydrogen-bond acceptors (Lipinski definition) is 6. The van der Waals surface area contributed by atoms with Gasteiger partial charge in [0, 0.05) is 6.54 Å². The first-order valence-corrected chi connectivity index (χ1v) is 12.6. The average Bonchev–Trinajstić information content (AvgIpc) is 2.83. The van der Waals surface area contributed by atoms with Gasteiger partial charge >= 0.3 is 5.97 Å². The third-order valence-electron chi connectivity index (χ3n) is 5.54. The zero-order chi connectivity index (χ0) is 25.4. The number of unbranched alkanes of at least 4 members (excludes halogenated alkanes) is 1. The number of ether oxygens (including phenoxy) is 1. The molecule has 0 aliphatic carbocycles. The number of anilines is 1. The van der Waals surface area contributed by atoms with Crippen molar-refractivity contribution in [1.82, 2.24) is 5.32 Å². The van der Waals surface area contributed by atoms with Gasteiger partial charge < -0.3 is 10.1 Å². The highest BCUT2D eigenvalue weighted by molar-refractivity contribution is 7.92. The molecule has 1 N–H and O–H groups in total. The number of hydrogen-bond donors (Lipinski definition) is 1. The minimum atomic E-state index is -3.94. The molecule has 1 amide bonds. The fourth-order valence-corrected chi connectivity index (χ4v) is 4.59. The Morgan fingerprint density at radius 1 is 1.15 bits per heavy atom. The van der Waals surface area contributed by atoms with E-state index in [1.54, 1.807) is 51.1 Å². The van der Waals surface area contributed by atoms with E-state index in [-0.39, 0.29) is 16.4 Å². The van der Waals surface area contributed by atoms with Crippen molar-refractivity contribution in [2.75, 3.05) is 17.5 Å². The molecule has 8 nitrogen and oxygen atoms in total. The van der Waals surface area contributed by atoms with E-state index in [1.807, 2.05) is 13.0 Å². The number of carbonyl (C=O) groups is 2. The van der Waals surface area contributed by atoms with Crippen LogP contribution in [0, 0.1) is 17.2 Å². The fraction of sp³-hybridized carbons (Fsp3) is 0.400. The van der Waals surface area contributed by atoms with E-state index >= 15 is 0 Å². The molecule has 0 saturated heterocycles. The molecule has 2 rings (SSSR count). The van der Waals surface area contributed by atoms with Crippen molar-refractivity contribution in [3.05, 3.63) is 60.2 Å². The summed E-state index contributed by atoms with van der Waals surface area (Å²) in [4.78, 5) is 24.7. The molecule has 0 fully saturated rings. The molecule has 0 saturated carbocycles. The van der Waals surface area contributed by atoms with Crippen molar-refractivity contribution in [2.24, 2.45) is 5.92 Å². The van der Waals surface area contributed by atoms with E-state index in [0.717, 1.165) is 6.42 Å². The van der Waals surface area contributed by atoms with Gasteiger partial charge in [-0.05, 0) is 49.6 Å². The molecule has 9 heteroatoms. The zero-order valence-corrected chi connectivity index (χ0v) is 20.8. The number of esters is 1. The summed E-state index contributed by atoms with van der Waals surface area (Å²) in [7, 11) is -3.94. The lowest BCUT2D eigenvalue weighted by molar-refractivity contribution is -0.125. The molecule has 0 bridgehead atoms. The van der Waals surface area contributed by atoms with E-state index in [9.17, 15) is 23.3 Å². The van der Waals surface area contributed by atoms with Gasteiger partial charge in [0.25, 0.3) is 15.9 Å². The Morgan fingerprint density at radius 3 is 2.41 bits per heavy atom. The summed E-state index contributed by atoms with van der Waals surface area (Å²) in [5, 5.41) is 11.9. The number of rotatable bonds is 11. The number of sulfonamides is 1. The lowest BCUT2D eigenvalue weighted by atomic mass is 9.90. The number of benzene rings is 2. The smallest absolute Gasteiger partial charge is 0.338 e. The molecule has 0 heterocycles. The predicted octanol–water partition coefficient (Wildman–Crippen LogP) is 3.89. The largest absolute Gasteiger partial charge is 0.452 e. The minimum Gasteiger partial charge on any atom is -0.452 e. The molecular formula is C25H31N3O5S. The third-order valence-corrected chi connectivity index (χ3v) is 7.36. The maximum Gasteiger partial charge on any atom is 0.338 e. The quantitative estimate of drug-likeness (QED) is 0.483. The van der Waals surface area contributed by atoms with E-state index in [0.29, 0.717) is 18.7 Å². The Morgan fingerprint density at radius 2 is 1.82 bits per heavy atom.